The summed E-state index contributed by atoms with van der Waals surface area (Å²) in [4.78, 5) is 5.39. The zero-order chi connectivity index (χ0) is 16.8. The third-order valence-corrected chi connectivity index (χ3v) is 6.39. The van der Waals surface area contributed by atoms with Gasteiger partial charge in [0.05, 0.1) is 13.2 Å². The van der Waals surface area contributed by atoms with Crippen LogP contribution in [-0.2, 0) is 17.8 Å². The predicted octanol–water partition coefficient (Wildman–Crippen LogP) is 2.96. The van der Waals surface area contributed by atoms with Crippen LogP contribution in [0.4, 0.5) is 0 Å². The zero-order valence-corrected chi connectivity index (χ0v) is 15.2. The second-order valence-corrected chi connectivity index (χ2v) is 8.06. The van der Waals surface area contributed by atoms with Crippen LogP contribution < -0.4 is 0 Å². The van der Waals surface area contributed by atoms with Crippen LogP contribution >= 0.6 is 0 Å². The maximum absolute atomic E-state index is 5.95. The second kappa shape index (κ2) is 6.42. The van der Waals surface area contributed by atoms with Gasteiger partial charge in [-0.15, -0.1) is 0 Å². The lowest BCUT2D eigenvalue weighted by Gasteiger charge is -2.48. The van der Waals surface area contributed by atoms with Crippen molar-refractivity contribution in [3.8, 4) is 0 Å². The summed E-state index contributed by atoms with van der Waals surface area (Å²) in [5.74, 6) is 0.916. The van der Waals surface area contributed by atoms with Gasteiger partial charge in [-0.2, -0.15) is 0 Å². The highest BCUT2D eigenvalue weighted by molar-refractivity contribution is 5.80. The highest BCUT2D eigenvalue weighted by Gasteiger charge is 2.42. The number of hydrogen-bond acceptors (Lipinski definition) is 3. The summed E-state index contributed by atoms with van der Waals surface area (Å²) >= 11 is 0. The Morgan fingerprint density at radius 3 is 2.88 bits per heavy atom. The third kappa shape index (κ3) is 3.01. The van der Waals surface area contributed by atoms with E-state index in [1.54, 1.807) is 0 Å². The zero-order valence-electron chi connectivity index (χ0n) is 15.2. The van der Waals surface area contributed by atoms with E-state index in [0.717, 1.165) is 38.8 Å². The van der Waals surface area contributed by atoms with Gasteiger partial charge < -0.3 is 9.30 Å². The average Bonchev–Trinajstić information content (AvgIpc) is 3.41. The Kier molecular flexibility index (Phi) is 4.07. The van der Waals surface area contributed by atoms with Crippen molar-refractivity contribution in [2.24, 2.45) is 5.92 Å². The summed E-state index contributed by atoms with van der Waals surface area (Å²) in [5, 5.41) is 1.37. The van der Waals surface area contributed by atoms with Crippen molar-refractivity contribution in [1.29, 1.82) is 0 Å². The molecule has 134 valence electrons. The molecule has 1 aliphatic carbocycles. The molecule has 2 aliphatic heterocycles. The average molecular weight is 339 g/mol. The molecular weight excluding hydrogens is 310 g/mol. The van der Waals surface area contributed by atoms with Crippen molar-refractivity contribution in [3.05, 3.63) is 36.0 Å². The highest BCUT2D eigenvalue weighted by Crippen LogP contribution is 2.38. The number of fused-ring (bicyclic) bond motifs is 2. The van der Waals surface area contributed by atoms with Gasteiger partial charge in [-0.1, -0.05) is 6.07 Å². The monoisotopic (exact) mass is 339 g/mol. The van der Waals surface area contributed by atoms with Gasteiger partial charge >= 0.3 is 0 Å². The Hall–Kier alpha value is -1.36. The number of piperazine rings is 1. The van der Waals surface area contributed by atoms with E-state index in [0.29, 0.717) is 12.1 Å². The Bertz CT molecular complexity index is 751. The van der Waals surface area contributed by atoms with E-state index in [1.807, 2.05) is 0 Å². The fraction of sp³-hybridized carbons (Fsp3) is 0.619. The molecule has 0 radical (unpaired) electrons. The molecule has 3 aliphatic rings. The second-order valence-electron chi connectivity index (χ2n) is 8.06. The van der Waals surface area contributed by atoms with Crippen LogP contribution in [0.1, 0.15) is 25.3 Å². The molecule has 1 aromatic heterocycles. The molecule has 0 amide bonds. The molecule has 0 spiro atoms. The smallest absolute Gasteiger partial charge is 0.0635 e. The molecule has 0 bridgehead atoms. The molecule has 3 fully saturated rings. The van der Waals surface area contributed by atoms with Crippen molar-refractivity contribution < 1.29 is 4.74 Å². The molecule has 3 heterocycles. The van der Waals surface area contributed by atoms with E-state index in [9.17, 15) is 0 Å². The van der Waals surface area contributed by atoms with Crippen molar-refractivity contribution in [2.75, 3.05) is 32.8 Å². The number of ether oxygens (including phenoxy) is 1. The number of aryl methyl sites for hydroxylation is 1. The van der Waals surface area contributed by atoms with Crippen LogP contribution in [0.3, 0.4) is 0 Å². The molecule has 2 saturated heterocycles. The summed E-state index contributed by atoms with van der Waals surface area (Å²) in [6.07, 6.45) is 5.03. The molecule has 4 nitrogen and oxygen atoms in total. The third-order valence-electron chi connectivity index (χ3n) is 6.39. The number of nitrogens with zero attached hydrogens (tertiary/aromatic N) is 3. The molecule has 2 atom stereocenters. The summed E-state index contributed by atoms with van der Waals surface area (Å²) in [7, 11) is 0. The summed E-state index contributed by atoms with van der Waals surface area (Å²) in [6, 6.07) is 10.5. The normalized spacial score (nSPS) is 28.4. The first kappa shape index (κ1) is 15.9. The van der Waals surface area contributed by atoms with Gasteiger partial charge in [0.2, 0.25) is 0 Å². The number of morpholine rings is 1. The minimum atomic E-state index is 0.595. The highest BCUT2D eigenvalue weighted by atomic mass is 16.5. The lowest BCUT2D eigenvalue weighted by atomic mass is 10.0. The SMILES string of the molecule is CCn1ccc2cc(CN3CCN4[C@@H](COC[C@@H]4C4CC4)C3)ccc21. The lowest BCUT2D eigenvalue weighted by molar-refractivity contribution is -0.0880. The van der Waals surface area contributed by atoms with Crippen molar-refractivity contribution in [2.45, 2.75) is 44.9 Å². The fourth-order valence-electron chi connectivity index (χ4n) is 4.85. The molecule has 2 aromatic rings. The van der Waals surface area contributed by atoms with Gasteiger partial charge in [0.1, 0.15) is 0 Å². The maximum Gasteiger partial charge on any atom is 0.0635 e. The summed E-state index contributed by atoms with van der Waals surface area (Å²) in [6.45, 7) is 9.73. The van der Waals surface area contributed by atoms with Crippen molar-refractivity contribution >= 4 is 10.9 Å². The molecule has 5 rings (SSSR count). The number of benzene rings is 1. The quantitative estimate of drug-likeness (QED) is 0.854. The standard InChI is InChI=1S/C21H29N3O/c1-2-23-8-7-18-11-16(3-6-20(18)23)12-22-9-10-24-19(13-22)14-25-15-21(24)17-4-5-17/h3,6-8,11,17,19,21H,2,4-5,9-10,12-15H2,1H3/t19-,21-/m1/s1. The first-order valence-corrected chi connectivity index (χ1v) is 9.95. The van der Waals surface area contributed by atoms with Gasteiger partial charge in [-0.3, -0.25) is 9.80 Å². The molecule has 0 unspecified atom stereocenters. The van der Waals surface area contributed by atoms with E-state index < -0.39 is 0 Å². The predicted molar refractivity (Wildman–Crippen MR) is 101 cm³/mol. The Balaban J connectivity index is 1.27. The lowest BCUT2D eigenvalue weighted by Crippen LogP contribution is -2.62. The molecule has 25 heavy (non-hydrogen) atoms. The largest absolute Gasteiger partial charge is 0.378 e. The first-order valence-electron chi connectivity index (χ1n) is 9.95. The van der Waals surface area contributed by atoms with Crippen molar-refractivity contribution in [1.82, 2.24) is 14.4 Å². The van der Waals surface area contributed by atoms with E-state index in [4.69, 9.17) is 4.74 Å². The van der Waals surface area contributed by atoms with Crippen LogP contribution in [0, 0.1) is 5.92 Å². The fourth-order valence-corrected chi connectivity index (χ4v) is 4.85. The maximum atomic E-state index is 5.95. The number of aromatic nitrogens is 1. The van der Waals surface area contributed by atoms with E-state index in [-0.39, 0.29) is 0 Å². The van der Waals surface area contributed by atoms with Crippen LogP contribution in [0.25, 0.3) is 10.9 Å². The molecule has 1 aromatic carbocycles. The van der Waals surface area contributed by atoms with Crippen molar-refractivity contribution in [3.63, 3.8) is 0 Å². The Morgan fingerprint density at radius 1 is 1.12 bits per heavy atom. The van der Waals surface area contributed by atoms with Gasteiger partial charge in [-0.25, -0.2) is 0 Å². The van der Waals surface area contributed by atoms with Gasteiger partial charge in [0.15, 0.2) is 0 Å². The van der Waals surface area contributed by atoms with Crippen LogP contribution in [0.15, 0.2) is 30.5 Å². The van der Waals surface area contributed by atoms with E-state index in [1.165, 1.54) is 42.4 Å². The van der Waals surface area contributed by atoms with Crippen LogP contribution in [-0.4, -0.2) is 59.3 Å². The van der Waals surface area contributed by atoms with Gasteiger partial charge in [0.25, 0.3) is 0 Å². The number of rotatable bonds is 4. The number of hydrogen-bond donors (Lipinski definition) is 0. The van der Waals surface area contributed by atoms with Gasteiger partial charge in [-0.05, 0) is 54.8 Å². The molecular formula is C21H29N3O. The minimum absolute atomic E-state index is 0.595. The van der Waals surface area contributed by atoms with E-state index >= 15 is 0 Å². The molecule has 0 N–H and O–H groups in total. The first-order chi connectivity index (χ1) is 12.3. The van der Waals surface area contributed by atoms with Crippen LogP contribution in [0.5, 0.6) is 0 Å². The molecule has 1 saturated carbocycles. The van der Waals surface area contributed by atoms with Crippen LogP contribution in [0.2, 0.25) is 0 Å². The Labute approximate surface area is 150 Å². The van der Waals surface area contributed by atoms with E-state index in [2.05, 4.69) is 51.8 Å². The summed E-state index contributed by atoms with van der Waals surface area (Å²) < 4.78 is 8.27. The molecule has 4 heteroatoms. The Morgan fingerprint density at radius 2 is 2.04 bits per heavy atom. The minimum Gasteiger partial charge on any atom is -0.378 e. The topological polar surface area (TPSA) is 20.6 Å². The summed E-state index contributed by atoms with van der Waals surface area (Å²) in [5.41, 5.74) is 2.79. The van der Waals surface area contributed by atoms with Gasteiger partial charge in [0, 0.05) is 56.5 Å².